The molecular formula is C17H12F3N3O4. The van der Waals surface area contributed by atoms with Gasteiger partial charge in [-0.15, -0.1) is 0 Å². The topological polar surface area (TPSA) is 90.4 Å². The molecular weight excluding hydrogens is 367 g/mol. The lowest BCUT2D eigenvalue weighted by molar-refractivity contribution is -0.138. The fourth-order valence-corrected chi connectivity index (χ4v) is 2.57. The third-order valence-corrected chi connectivity index (χ3v) is 3.77. The molecule has 0 spiro atoms. The van der Waals surface area contributed by atoms with Gasteiger partial charge in [-0.2, -0.15) is 13.2 Å². The Labute approximate surface area is 150 Å². The lowest BCUT2D eigenvalue weighted by Gasteiger charge is -2.20. The summed E-state index contributed by atoms with van der Waals surface area (Å²) in [6, 6.07) is 2.97. The zero-order chi connectivity index (χ0) is 19.8. The third kappa shape index (κ3) is 3.21. The van der Waals surface area contributed by atoms with E-state index in [9.17, 15) is 22.8 Å². The molecule has 1 heterocycles. The number of methoxy groups -OCH3 is 2. The largest absolute Gasteiger partial charge is 0.496 e. The zero-order valence-electron chi connectivity index (χ0n) is 14.0. The number of ketones is 2. The molecule has 0 amide bonds. The van der Waals surface area contributed by atoms with Crippen LogP contribution in [0.15, 0.2) is 42.0 Å². The number of aromatic nitrogens is 2. The fourth-order valence-electron chi connectivity index (χ4n) is 2.57. The third-order valence-electron chi connectivity index (χ3n) is 3.77. The summed E-state index contributed by atoms with van der Waals surface area (Å²) in [6.07, 6.45) is -2.09. The molecule has 140 valence electrons. The highest BCUT2D eigenvalue weighted by atomic mass is 19.4. The average Bonchev–Trinajstić information content (AvgIpc) is 2.65. The van der Waals surface area contributed by atoms with Gasteiger partial charge in [0.05, 0.1) is 19.8 Å². The first-order valence-corrected chi connectivity index (χ1v) is 7.48. The predicted octanol–water partition coefficient (Wildman–Crippen LogP) is 2.85. The Balaban J connectivity index is 2.04. The van der Waals surface area contributed by atoms with E-state index in [1.165, 1.54) is 19.5 Å². The lowest BCUT2D eigenvalue weighted by Crippen LogP contribution is -2.29. The highest BCUT2D eigenvalue weighted by Crippen LogP contribution is 2.38. The molecule has 0 fully saturated rings. The number of hydrogen-bond acceptors (Lipinski definition) is 7. The zero-order valence-corrected chi connectivity index (χ0v) is 14.0. The molecule has 27 heavy (non-hydrogen) atoms. The molecule has 0 radical (unpaired) electrons. The van der Waals surface area contributed by atoms with Crippen LogP contribution in [-0.2, 0) is 10.9 Å². The second-order valence-corrected chi connectivity index (χ2v) is 5.36. The number of nitrogens with zero attached hydrogens (tertiary/aromatic N) is 2. The van der Waals surface area contributed by atoms with Gasteiger partial charge < -0.3 is 14.8 Å². The van der Waals surface area contributed by atoms with Crippen LogP contribution in [0.4, 0.5) is 18.9 Å². The number of nitrogens with one attached hydrogen (secondary N) is 1. The SMILES string of the molecule is COC1=C(Nc2ccc(C(F)(F)F)c(OC)c2)C(=O)c2nccnc2C1=O. The maximum absolute atomic E-state index is 13.0. The van der Waals surface area contributed by atoms with E-state index < -0.39 is 29.1 Å². The molecule has 10 heteroatoms. The first-order valence-electron chi connectivity index (χ1n) is 7.48. The van der Waals surface area contributed by atoms with Crippen LogP contribution < -0.4 is 10.1 Å². The van der Waals surface area contributed by atoms with Gasteiger partial charge in [-0.3, -0.25) is 9.59 Å². The number of ether oxygens (including phenoxy) is 2. The van der Waals surface area contributed by atoms with Crippen molar-refractivity contribution in [1.29, 1.82) is 0 Å². The number of allylic oxidation sites excluding steroid dienone is 2. The number of halogens is 3. The number of fused-ring (bicyclic) bond motifs is 1. The Morgan fingerprint density at radius 2 is 1.59 bits per heavy atom. The van der Waals surface area contributed by atoms with Crippen molar-refractivity contribution in [3.05, 3.63) is 59.0 Å². The first-order chi connectivity index (χ1) is 12.8. The van der Waals surface area contributed by atoms with Gasteiger partial charge in [0.2, 0.25) is 5.78 Å². The summed E-state index contributed by atoms with van der Waals surface area (Å²) in [5, 5.41) is 2.63. The van der Waals surface area contributed by atoms with E-state index in [0.29, 0.717) is 0 Å². The van der Waals surface area contributed by atoms with Crippen LogP contribution in [0.3, 0.4) is 0 Å². The summed E-state index contributed by atoms with van der Waals surface area (Å²) in [4.78, 5) is 32.8. The van der Waals surface area contributed by atoms with Gasteiger partial charge in [0, 0.05) is 24.1 Å². The summed E-state index contributed by atoms with van der Waals surface area (Å²) >= 11 is 0. The van der Waals surface area contributed by atoms with Gasteiger partial charge in [-0.1, -0.05) is 0 Å². The van der Waals surface area contributed by atoms with Gasteiger partial charge in [0.15, 0.2) is 5.76 Å². The molecule has 0 bridgehead atoms. The van der Waals surface area contributed by atoms with Crippen LogP contribution in [0.25, 0.3) is 0 Å². The highest BCUT2D eigenvalue weighted by Gasteiger charge is 2.37. The Bertz CT molecular complexity index is 970. The number of hydrogen-bond donors (Lipinski definition) is 1. The lowest BCUT2D eigenvalue weighted by atomic mass is 9.99. The van der Waals surface area contributed by atoms with E-state index in [1.807, 2.05) is 0 Å². The Morgan fingerprint density at radius 1 is 0.963 bits per heavy atom. The van der Waals surface area contributed by atoms with E-state index in [1.54, 1.807) is 0 Å². The minimum atomic E-state index is -4.61. The second-order valence-electron chi connectivity index (χ2n) is 5.36. The number of Topliss-reactive ketones (excluding diaryl/α,β-unsaturated/α-hetero) is 2. The van der Waals surface area contributed by atoms with Crippen LogP contribution in [0.2, 0.25) is 0 Å². The number of anilines is 1. The van der Waals surface area contributed by atoms with Crippen molar-refractivity contribution in [2.45, 2.75) is 6.18 Å². The molecule has 0 saturated heterocycles. The number of carbonyl (C=O) groups excluding carboxylic acids is 2. The molecule has 3 rings (SSSR count). The first kappa shape index (κ1) is 18.4. The van der Waals surface area contributed by atoms with Gasteiger partial charge in [-0.05, 0) is 12.1 Å². The van der Waals surface area contributed by atoms with Crippen LogP contribution in [0.5, 0.6) is 5.75 Å². The van der Waals surface area contributed by atoms with Crippen LogP contribution in [-0.4, -0.2) is 35.8 Å². The standard InChI is InChI=1S/C17H12F3N3O4/c1-26-10-7-8(3-4-9(10)17(18,19)20)23-13-14(24)11-12(22-6-5-21-11)15(25)16(13)27-2/h3-7,23H,1-2H3. The number of carbonyl (C=O) groups is 2. The van der Waals surface area contributed by atoms with Crippen molar-refractivity contribution in [2.75, 3.05) is 19.5 Å². The molecule has 0 aliphatic heterocycles. The fraction of sp³-hybridized carbons (Fsp3) is 0.176. The molecule has 1 aliphatic rings. The minimum Gasteiger partial charge on any atom is -0.496 e. The smallest absolute Gasteiger partial charge is 0.419 e. The molecule has 0 atom stereocenters. The maximum Gasteiger partial charge on any atom is 0.419 e. The van der Waals surface area contributed by atoms with Crippen molar-refractivity contribution in [3.8, 4) is 5.75 Å². The van der Waals surface area contributed by atoms with Gasteiger partial charge >= 0.3 is 6.18 Å². The highest BCUT2D eigenvalue weighted by molar-refractivity contribution is 6.25. The Hall–Kier alpha value is -3.43. The van der Waals surface area contributed by atoms with Crippen molar-refractivity contribution < 1.29 is 32.2 Å². The second kappa shape index (κ2) is 6.71. The number of benzene rings is 1. The minimum absolute atomic E-state index is 0.0953. The van der Waals surface area contributed by atoms with E-state index in [4.69, 9.17) is 9.47 Å². The summed E-state index contributed by atoms with van der Waals surface area (Å²) in [7, 11) is 2.28. The molecule has 7 nitrogen and oxygen atoms in total. The number of alkyl halides is 3. The van der Waals surface area contributed by atoms with E-state index in [0.717, 1.165) is 25.3 Å². The van der Waals surface area contributed by atoms with Gasteiger partial charge in [0.25, 0.3) is 5.78 Å². The molecule has 1 N–H and O–H groups in total. The van der Waals surface area contributed by atoms with E-state index >= 15 is 0 Å². The summed E-state index contributed by atoms with van der Waals surface area (Å²) < 4.78 is 48.7. The monoisotopic (exact) mass is 379 g/mol. The van der Waals surface area contributed by atoms with Crippen LogP contribution in [0.1, 0.15) is 26.5 Å². The van der Waals surface area contributed by atoms with E-state index in [2.05, 4.69) is 15.3 Å². The van der Waals surface area contributed by atoms with Crippen molar-refractivity contribution in [2.24, 2.45) is 0 Å². The normalized spacial score (nSPS) is 14.1. The molecule has 2 aromatic rings. The Kier molecular flexibility index (Phi) is 4.56. The average molecular weight is 379 g/mol. The molecule has 0 unspecified atom stereocenters. The predicted molar refractivity (Wildman–Crippen MR) is 86.3 cm³/mol. The molecule has 0 saturated carbocycles. The van der Waals surface area contributed by atoms with E-state index in [-0.39, 0.29) is 28.5 Å². The quantitative estimate of drug-likeness (QED) is 0.874. The van der Waals surface area contributed by atoms with Crippen molar-refractivity contribution in [3.63, 3.8) is 0 Å². The van der Waals surface area contributed by atoms with Gasteiger partial charge in [0.1, 0.15) is 22.8 Å². The number of rotatable bonds is 4. The molecule has 1 aromatic heterocycles. The Morgan fingerprint density at radius 3 is 2.15 bits per heavy atom. The molecule has 1 aliphatic carbocycles. The maximum atomic E-state index is 13.0. The van der Waals surface area contributed by atoms with Crippen LogP contribution in [0, 0.1) is 0 Å². The summed E-state index contributed by atoms with van der Waals surface area (Å²) in [5.41, 5.74) is -1.46. The van der Waals surface area contributed by atoms with Crippen molar-refractivity contribution in [1.82, 2.24) is 9.97 Å². The van der Waals surface area contributed by atoms with Crippen molar-refractivity contribution >= 4 is 17.3 Å². The van der Waals surface area contributed by atoms with Gasteiger partial charge in [-0.25, -0.2) is 9.97 Å². The summed E-state index contributed by atoms with van der Waals surface area (Å²) in [5.74, 6) is -2.09. The molecule has 1 aromatic carbocycles. The van der Waals surface area contributed by atoms with Crippen LogP contribution >= 0.6 is 0 Å². The summed E-state index contributed by atoms with van der Waals surface area (Å²) in [6.45, 7) is 0.